The van der Waals surface area contributed by atoms with Crippen LogP contribution in [0.25, 0.3) is 0 Å². The molecule has 0 atom stereocenters. The van der Waals surface area contributed by atoms with E-state index in [1.165, 1.54) is 13.0 Å². The number of nitrogen functional groups attached to an aromatic ring is 1. The highest BCUT2D eigenvalue weighted by atomic mass is 19.4. The first-order valence-electron chi connectivity index (χ1n) is 5.71. The van der Waals surface area contributed by atoms with Gasteiger partial charge in [0.15, 0.2) is 0 Å². The molecule has 7 heteroatoms. The minimum atomic E-state index is -4.42. The van der Waals surface area contributed by atoms with Crippen LogP contribution in [0.4, 0.5) is 18.9 Å². The Hall–Kier alpha value is -1.76. The predicted octanol–water partition coefficient (Wildman–Crippen LogP) is 2.31. The molecule has 0 aliphatic carbocycles. The number of rotatable bonds is 4. The summed E-state index contributed by atoms with van der Waals surface area (Å²) in [5, 5.41) is 0. The van der Waals surface area contributed by atoms with Crippen LogP contribution in [-0.4, -0.2) is 30.1 Å². The molecule has 0 aliphatic rings. The number of nitrogens with zero attached hydrogens (tertiary/aromatic N) is 1. The molecule has 3 N–H and O–H groups in total. The first-order chi connectivity index (χ1) is 8.78. The molecule has 0 fully saturated rings. The fourth-order valence-corrected chi connectivity index (χ4v) is 1.67. The zero-order valence-corrected chi connectivity index (χ0v) is 10.7. The second-order valence-corrected chi connectivity index (χ2v) is 4.13. The van der Waals surface area contributed by atoms with E-state index in [1.54, 1.807) is 19.1 Å². The number of benzene rings is 1. The van der Waals surface area contributed by atoms with Crippen molar-refractivity contribution in [3.63, 3.8) is 0 Å². The Balaban J connectivity index is 3.06. The fourth-order valence-electron chi connectivity index (χ4n) is 1.67. The van der Waals surface area contributed by atoms with Crippen molar-refractivity contribution in [2.24, 2.45) is 5.84 Å². The number of anilines is 1. The summed E-state index contributed by atoms with van der Waals surface area (Å²) >= 11 is 0. The summed E-state index contributed by atoms with van der Waals surface area (Å²) in [6.45, 7) is 1.93. The molecule has 0 saturated heterocycles. The number of aryl methyl sites for hydroxylation is 1. The van der Waals surface area contributed by atoms with Crippen molar-refractivity contribution < 1.29 is 18.0 Å². The lowest BCUT2D eigenvalue weighted by Crippen LogP contribution is -2.39. The van der Waals surface area contributed by atoms with Crippen molar-refractivity contribution in [3.8, 4) is 0 Å². The highest BCUT2D eigenvalue weighted by Gasteiger charge is 2.33. The molecule has 106 valence electrons. The zero-order chi connectivity index (χ0) is 14.6. The average molecular weight is 275 g/mol. The van der Waals surface area contributed by atoms with E-state index in [9.17, 15) is 18.0 Å². The van der Waals surface area contributed by atoms with Crippen LogP contribution in [0.5, 0.6) is 0 Å². The number of nitrogens with two attached hydrogens (primary N) is 1. The number of hydrazine groups is 1. The smallest absolute Gasteiger partial charge is 0.330 e. The van der Waals surface area contributed by atoms with Crippen LogP contribution in [0.3, 0.4) is 0 Å². The Morgan fingerprint density at radius 2 is 2.05 bits per heavy atom. The van der Waals surface area contributed by atoms with Gasteiger partial charge in [0.1, 0.15) is 6.54 Å². The molecule has 0 aliphatic heterocycles. The topological polar surface area (TPSA) is 58.4 Å². The lowest BCUT2D eigenvalue weighted by molar-refractivity contribution is -0.140. The second-order valence-electron chi connectivity index (χ2n) is 4.13. The first kappa shape index (κ1) is 15.3. The summed E-state index contributed by atoms with van der Waals surface area (Å²) in [6.07, 6.45) is -4.42. The van der Waals surface area contributed by atoms with E-state index in [1.807, 2.05) is 0 Å². The van der Waals surface area contributed by atoms with Gasteiger partial charge in [0.2, 0.25) is 0 Å². The van der Waals surface area contributed by atoms with Gasteiger partial charge in [-0.15, -0.1) is 0 Å². The molecule has 0 unspecified atom stereocenters. The molecule has 4 nitrogen and oxygen atoms in total. The minimum absolute atomic E-state index is 0.0315. The summed E-state index contributed by atoms with van der Waals surface area (Å²) in [5.74, 6) is 4.57. The Morgan fingerprint density at radius 1 is 1.42 bits per heavy atom. The minimum Gasteiger partial charge on any atom is -0.330 e. The van der Waals surface area contributed by atoms with Crippen LogP contribution >= 0.6 is 0 Å². The summed E-state index contributed by atoms with van der Waals surface area (Å²) in [7, 11) is 0. The summed E-state index contributed by atoms with van der Waals surface area (Å²) < 4.78 is 37.2. The van der Waals surface area contributed by atoms with Crippen molar-refractivity contribution in [2.75, 3.05) is 18.5 Å². The van der Waals surface area contributed by atoms with Gasteiger partial charge in [0.05, 0.1) is 11.3 Å². The number of carbonyl (C=O) groups excluding carboxylic acids is 1. The van der Waals surface area contributed by atoms with Gasteiger partial charge < -0.3 is 10.3 Å². The van der Waals surface area contributed by atoms with E-state index < -0.39 is 18.6 Å². The van der Waals surface area contributed by atoms with Gasteiger partial charge in [0, 0.05) is 6.54 Å². The summed E-state index contributed by atoms with van der Waals surface area (Å²) in [5.41, 5.74) is 3.52. The third-order valence-electron chi connectivity index (χ3n) is 2.60. The van der Waals surface area contributed by atoms with Crippen LogP contribution in [0, 0.1) is 6.92 Å². The normalized spacial score (nSPS) is 11.3. The molecule has 0 heterocycles. The van der Waals surface area contributed by atoms with E-state index in [0.29, 0.717) is 5.69 Å². The highest BCUT2D eigenvalue weighted by molar-refractivity contribution is 5.99. The van der Waals surface area contributed by atoms with Crippen LogP contribution in [-0.2, 0) is 0 Å². The average Bonchev–Trinajstić information content (AvgIpc) is 2.34. The molecule has 0 radical (unpaired) electrons. The van der Waals surface area contributed by atoms with Crippen LogP contribution in [0.2, 0.25) is 0 Å². The molecule has 0 spiro atoms. The number of hydrogen-bond acceptors (Lipinski definition) is 3. The van der Waals surface area contributed by atoms with Gasteiger partial charge in [-0.2, -0.15) is 13.2 Å². The third kappa shape index (κ3) is 4.13. The van der Waals surface area contributed by atoms with Crippen molar-refractivity contribution in [1.82, 2.24) is 4.90 Å². The summed E-state index contributed by atoms with van der Waals surface area (Å²) in [4.78, 5) is 12.8. The van der Waals surface area contributed by atoms with Gasteiger partial charge >= 0.3 is 6.18 Å². The number of amides is 1. The Morgan fingerprint density at radius 3 is 2.53 bits per heavy atom. The molecule has 0 bridgehead atoms. The molecule has 1 rings (SSSR count). The van der Waals surface area contributed by atoms with Crippen molar-refractivity contribution in [3.05, 3.63) is 29.3 Å². The number of carbonyl (C=O) groups is 1. The number of nitrogens with one attached hydrogen (secondary N) is 1. The molecule has 0 aromatic heterocycles. The van der Waals surface area contributed by atoms with Gasteiger partial charge in [0.25, 0.3) is 5.91 Å². The maximum absolute atomic E-state index is 12.4. The van der Waals surface area contributed by atoms with Gasteiger partial charge in [-0.05, 0) is 26.0 Å². The Bertz CT molecular complexity index is 460. The number of halogens is 3. The monoisotopic (exact) mass is 275 g/mol. The number of hydrogen-bond donors (Lipinski definition) is 2. The Kier molecular flexibility index (Phi) is 4.77. The molecular weight excluding hydrogens is 259 g/mol. The van der Waals surface area contributed by atoms with Crippen molar-refractivity contribution in [2.45, 2.75) is 20.0 Å². The van der Waals surface area contributed by atoms with Crippen molar-refractivity contribution >= 4 is 11.6 Å². The first-order valence-corrected chi connectivity index (χ1v) is 5.71. The zero-order valence-electron chi connectivity index (χ0n) is 10.7. The Labute approximate surface area is 109 Å². The lowest BCUT2D eigenvalue weighted by atomic mass is 10.1. The van der Waals surface area contributed by atoms with Gasteiger partial charge in [-0.3, -0.25) is 10.6 Å². The van der Waals surface area contributed by atoms with E-state index in [-0.39, 0.29) is 12.1 Å². The quantitative estimate of drug-likeness (QED) is 0.655. The largest absolute Gasteiger partial charge is 0.406 e. The maximum Gasteiger partial charge on any atom is 0.406 e. The molecule has 1 aromatic rings. The lowest BCUT2D eigenvalue weighted by Gasteiger charge is -2.23. The van der Waals surface area contributed by atoms with E-state index >= 15 is 0 Å². The third-order valence-corrected chi connectivity index (χ3v) is 2.60. The van der Waals surface area contributed by atoms with E-state index in [2.05, 4.69) is 5.43 Å². The van der Waals surface area contributed by atoms with E-state index in [4.69, 9.17) is 5.84 Å². The van der Waals surface area contributed by atoms with Gasteiger partial charge in [-0.1, -0.05) is 11.6 Å². The predicted molar refractivity (Wildman–Crippen MR) is 66.6 cm³/mol. The molecular formula is C12H16F3N3O. The standard InChI is InChI=1S/C12H16F3N3O/c1-3-18(7-12(13,14)15)11(19)9-6-8(2)4-5-10(9)17-16/h4-6,17H,3,7,16H2,1-2H3. The molecule has 0 saturated carbocycles. The maximum atomic E-state index is 12.4. The van der Waals surface area contributed by atoms with Crippen molar-refractivity contribution in [1.29, 1.82) is 0 Å². The van der Waals surface area contributed by atoms with Crippen LogP contribution in [0.15, 0.2) is 18.2 Å². The van der Waals surface area contributed by atoms with Crippen LogP contribution < -0.4 is 11.3 Å². The fraction of sp³-hybridized carbons (Fsp3) is 0.417. The number of alkyl halides is 3. The highest BCUT2D eigenvalue weighted by Crippen LogP contribution is 2.22. The summed E-state index contributed by atoms with van der Waals surface area (Å²) in [6, 6.07) is 4.78. The van der Waals surface area contributed by atoms with E-state index in [0.717, 1.165) is 10.5 Å². The molecule has 1 amide bonds. The van der Waals surface area contributed by atoms with Gasteiger partial charge in [-0.25, -0.2) is 0 Å². The van der Waals surface area contributed by atoms with Crippen LogP contribution in [0.1, 0.15) is 22.8 Å². The SMILES string of the molecule is CCN(CC(F)(F)F)C(=O)c1cc(C)ccc1NN. The molecule has 19 heavy (non-hydrogen) atoms. The molecule has 1 aromatic carbocycles. The second kappa shape index (κ2) is 5.92.